The molecule has 1 N–H and O–H groups in total. The van der Waals surface area contributed by atoms with Crippen LogP contribution in [0, 0.1) is 29.6 Å². The Kier molecular flexibility index (Phi) is 8.49. The molecule has 296 valence electrons. The maximum Gasteiger partial charge on any atom is 0.416 e. The standard InChI is InChI=1S/C43H29ClF6N2O6/c44-26-7-4-8-27(18-26)52-38(55)33-19-32-30(10-11-31-35(32)39(56)51(37(31)54)28-16-24(42(45,46)47)15-25(17-28)43(48,49)50)36(41(33,40(52)57)23-5-2-1-3-6-23)22-13-21-14-29(53)9-12-34(21)58-20-22/h1-10,12,14-18,20,31-33,35-36,53H,11,13,19H2. The lowest BCUT2D eigenvalue weighted by Crippen LogP contribution is -2.55. The van der Waals surface area contributed by atoms with Gasteiger partial charge in [-0.15, -0.1) is 0 Å². The lowest BCUT2D eigenvalue weighted by Gasteiger charge is -2.51. The second-order valence-electron chi connectivity index (χ2n) is 15.1. The van der Waals surface area contributed by atoms with Gasteiger partial charge in [0.2, 0.25) is 23.6 Å². The fraction of sp³-hybridized carbons (Fsp3) is 0.256. The summed E-state index contributed by atoms with van der Waals surface area (Å²) in [4.78, 5) is 60.6. The fourth-order valence-electron chi connectivity index (χ4n) is 9.88. The lowest BCUT2D eigenvalue weighted by atomic mass is 9.48. The van der Waals surface area contributed by atoms with Gasteiger partial charge in [-0.2, -0.15) is 26.3 Å². The molecule has 6 unspecified atom stereocenters. The Morgan fingerprint density at radius 3 is 2.12 bits per heavy atom. The molecule has 2 saturated heterocycles. The van der Waals surface area contributed by atoms with Gasteiger partial charge in [0.05, 0.1) is 51.9 Å². The van der Waals surface area contributed by atoms with Crippen molar-refractivity contribution in [2.24, 2.45) is 29.6 Å². The van der Waals surface area contributed by atoms with E-state index in [0.717, 1.165) is 4.90 Å². The first-order chi connectivity index (χ1) is 27.5. The van der Waals surface area contributed by atoms with Crippen molar-refractivity contribution in [3.05, 3.63) is 142 Å². The van der Waals surface area contributed by atoms with Gasteiger partial charge >= 0.3 is 12.4 Å². The Bertz CT molecular complexity index is 2490. The topological polar surface area (TPSA) is 104 Å². The van der Waals surface area contributed by atoms with Crippen LogP contribution in [0.15, 0.2) is 114 Å². The molecule has 15 heteroatoms. The van der Waals surface area contributed by atoms with Gasteiger partial charge in [0, 0.05) is 22.9 Å². The van der Waals surface area contributed by atoms with Crippen LogP contribution in [-0.4, -0.2) is 28.7 Å². The van der Waals surface area contributed by atoms with E-state index in [1.165, 1.54) is 24.5 Å². The summed E-state index contributed by atoms with van der Waals surface area (Å²) >= 11 is 6.35. The summed E-state index contributed by atoms with van der Waals surface area (Å²) in [6, 6.07) is 19.9. The van der Waals surface area contributed by atoms with Gasteiger partial charge in [-0.1, -0.05) is 59.6 Å². The molecule has 5 aliphatic rings. The number of halogens is 7. The fourth-order valence-corrected chi connectivity index (χ4v) is 10.1. The van der Waals surface area contributed by atoms with Crippen LogP contribution < -0.4 is 14.5 Å². The molecule has 0 spiro atoms. The first kappa shape index (κ1) is 37.7. The van der Waals surface area contributed by atoms with Crippen molar-refractivity contribution in [2.75, 3.05) is 9.80 Å². The first-order valence-corrected chi connectivity index (χ1v) is 18.6. The number of phenolic OH excluding ortho intramolecular Hbond substituents is 1. The number of alkyl halides is 6. The zero-order valence-corrected chi connectivity index (χ0v) is 30.6. The van der Waals surface area contributed by atoms with Crippen LogP contribution in [0.1, 0.15) is 35.1 Å². The van der Waals surface area contributed by atoms with Crippen LogP contribution >= 0.6 is 11.6 Å². The average molecular weight is 819 g/mol. The minimum absolute atomic E-state index is 0.0572. The molecule has 0 bridgehead atoms. The van der Waals surface area contributed by atoms with Crippen molar-refractivity contribution in [3.8, 4) is 11.5 Å². The van der Waals surface area contributed by atoms with Gasteiger partial charge in [-0.3, -0.25) is 19.2 Å². The smallest absolute Gasteiger partial charge is 0.416 e. The predicted octanol–water partition coefficient (Wildman–Crippen LogP) is 8.80. The van der Waals surface area contributed by atoms with E-state index < -0.39 is 87.8 Å². The quantitative estimate of drug-likeness (QED) is 0.126. The van der Waals surface area contributed by atoms with Gasteiger partial charge in [-0.25, -0.2) is 9.80 Å². The zero-order valence-electron chi connectivity index (χ0n) is 29.9. The molecule has 3 heterocycles. The van der Waals surface area contributed by atoms with Gasteiger partial charge < -0.3 is 9.84 Å². The van der Waals surface area contributed by atoms with E-state index in [9.17, 15) is 45.8 Å². The van der Waals surface area contributed by atoms with Crippen molar-refractivity contribution in [1.82, 2.24) is 0 Å². The van der Waals surface area contributed by atoms with Crippen LogP contribution in [0.4, 0.5) is 37.7 Å². The van der Waals surface area contributed by atoms with Crippen molar-refractivity contribution in [1.29, 1.82) is 0 Å². The number of amides is 4. The number of phenols is 1. The highest BCUT2D eigenvalue weighted by Crippen LogP contribution is 2.64. The number of ether oxygens (including phenoxy) is 1. The summed E-state index contributed by atoms with van der Waals surface area (Å²) in [7, 11) is 0. The highest BCUT2D eigenvalue weighted by molar-refractivity contribution is 6.32. The average Bonchev–Trinajstić information content (AvgIpc) is 3.57. The Morgan fingerprint density at radius 1 is 0.741 bits per heavy atom. The number of rotatable bonds is 4. The molecular formula is C43H29ClF6N2O6. The maximum atomic E-state index is 15.4. The number of benzene rings is 4. The van der Waals surface area contributed by atoms with E-state index in [1.807, 2.05) is 0 Å². The van der Waals surface area contributed by atoms with E-state index in [4.69, 9.17) is 16.3 Å². The summed E-state index contributed by atoms with van der Waals surface area (Å²) < 4.78 is 89.8. The van der Waals surface area contributed by atoms with Crippen molar-refractivity contribution in [2.45, 2.75) is 37.0 Å². The van der Waals surface area contributed by atoms with Crippen LogP contribution in [0.2, 0.25) is 5.02 Å². The molecule has 4 aromatic rings. The largest absolute Gasteiger partial charge is 0.508 e. The molecule has 1 saturated carbocycles. The second kappa shape index (κ2) is 13.1. The van der Waals surface area contributed by atoms with Crippen LogP contribution in [0.5, 0.6) is 11.5 Å². The molecule has 3 aliphatic heterocycles. The number of hydrogen-bond acceptors (Lipinski definition) is 6. The van der Waals surface area contributed by atoms with E-state index in [1.54, 1.807) is 60.7 Å². The Morgan fingerprint density at radius 2 is 1.45 bits per heavy atom. The Hall–Kier alpha value is -5.89. The van der Waals surface area contributed by atoms with E-state index >= 15 is 4.79 Å². The highest BCUT2D eigenvalue weighted by Gasteiger charge is 2.70. The molecule has 6 atom stereocenters. The Balaban J connectivity index is 1.23. The molecular weight excluding hydrogens is 790 g/mol. The molecule has 0 radical (unpaired) electrons. The number of allylic oxidation sites excluding steroid dienone is 3. The maximum absolute atomic E-state index is 15.4. The molecule has 3 fully saturated rings. The van der Waals surface area contributed by atoms with E-state index in [-0.39, 0.29) is 41.8 Å². The van der Waals surface area contributed by atoms with Crippen molar-refractivity contribution < 1.29 is 55.4 Å². The normalized spacial score (nSPS) is 26.7. The van der Waals surface area contributed by atoms with Crippen LogP contribution in [-0.2, 0) is 43.4 Å². The number of carbonyl (C=O) groups is 4. The Labute approximate surface area is 330 Å². The monoisotopic (exact) mass is 818 g/mol. The lowest BCUT2D eigenvalue weighted by molar-refractivity contribution is -0.143. The highest BCUT2D eigenvalue weighted by atomic mass is 35.5. The van der Waals surface area contributed by atoms with Crippen molar-refractivity contribution in [3.63, 3.8) is 0 Å². The summed E-state index contributed by atoms with van der Waals surface area (Å²) in [6.07, 6.45) is -7.49. The SMILES string of the molecule is O=C1C2CC=C3C(CC4C(=O)N(c5cccc(Cl)c5)C(=O)C4(c4ccccc4)C3C3=COc4ccc(O)cc4C3)C2C(=O)N1c1cc(C(F)(F)F)cc(C(F)(F)F)c1. The van der Waals surface area contributed by atoms with Crippen molar-refractivity contribution >= 4 is 46.6 Å². The number of nitrogens with zero attached hydrogens (tertiary/aromatic N) is 2. The summed E-state index contributed by atoms with van der Waals surface area (Å²) in [6.45, 7) is 0. The minimum atomic E-state index is -5.24. The number of hydrogen-bond donors (Lipinski definition) is 1. The van der Waals surface area contributed by atoms with Gasteiger partial charge in [-0.05, 0) is 84.5 Å². The first-order valence-electron chi connectivity index (χ1n) is 18.2. The number of carbonyl (C=O) groups excluding carboxylic acids is 4. The van der Waals surface area contributed by atoms with Crippen LogP contribution in [0.3, 0.4) is 0 Å². The summed E-state index contributed by atoms with van der Waals surface area (Å²) in [5.74, 6) is -8.52. The number of imide groups is 2. The number of fused-ring (bicyclic) bond motifs is 5. The molecule has 4 amide bonds. The van der Waals surface area contributed by atoms with E-state index in [2.05, 4.69) is 0 Å². The summed E-state index contributed by atoms with van der Waals surface area (Å²) in [5.41, 5.74) is -3.73. The molecule has 9 rings (SSSR count). The third-order valence-corrected chi connectivity index (χ3v) is 12.4. The number of aromatic hydroxyl groups is 1. The minimum Gasteiger partial charge on any atom is -0.508 e. The number of anilines is 2. The van der Waals surface area contributed by atoms with E-state index in [0.29, 0.717) is 45.1 Å². The van der Waals surface area contributed by atoms with Gasteiger partial charge in [0.15, 0.2) is 0 Å². The second-order valence-corrected chi connectivity index (χ2v) is 15.6. The summed E-state index contributed by atoms with van der Waals surface area (Å²) in [5, 5.41) is 10.7. The molecule has 0 aromatic heterocycles. The third kappa shape index (κ3) is 5.58. The third-order valence-electron chi connectivity index (χ3n) is 12.1. The molecule has 58 heavy (non-hydrogen) atoms. The molecule has 8 nitrogen and oxygen atoms in total. The predicted molar refractivity (Wildman–Crippen MR) is 196 cm³/mol. The van der Waals surface area contributed by atoms with Crippen LogP contribution in [0.25, 0.3) is 0 Å². The molecule has 4 aromatic carbocycles. The van der Waals surface area contributed by atoms with Gasteiger partial charge in [0.1, 0.15) is 11.5 Å². The van der Waals surface area contributed by atoms with Gasteiger partial charge in [0.25, 0.3) is 0 Å². The molecule has 2 aliphatic carbocycles. The zero-order chi connectivity index (χ0) is 41.1.